The summed E-state index contributed by atoms with van der Waals surface area (Å²) in [5.41, 5.74) is 1.93. The molecule has 8 nitrogen and oxygen atoms in total. The SMILES string of the molecule is CC12CCC(=O)N1c1ccccc1C(=O)N2CCCC(=O)Nc1ccccc1NC(=O)c1ccccc1. The standard InChI is InChI=1S/C29H28N4O4/c1-29-18-17-26(35)33(29)24-15-8-5-12-21(24)28(37)32(29)19-9-16-25(34)30-22-13-6-7-14-23(22)31-27(36)20-10-3-2-4-11-20/h2-8,10-15H,9,16-19H2,1H3,(H,30,34)(H,31,36). The Balaban J connectivity index is 1.24. The number of hydrogen-bond donors (Lipinski definition) is 2. The van der Waals surface area contributed by atoms with Gasteiger partial charge in [-0.05, 0) is 56.2 Å². The molecule has 2 N–H and O–H groups in total. The third-order valence-electron chi connectivity index (χ3n) is 7.02. The van der Waals surface area contributed by atoms with Gasteiger partial charge in [0, 0.05) is 24.9 Å². The Morgan fingerprint density at radius 1 is 0.865 bits per heavy atom. The number of hydrogen-bond acceptors (Lipinski definition) is 4. The first kappa shape index (κ1) is 24.2. The van der Waals surface area contributed by atoms with Gasteiger partial charge in [0.15, 0.2) is 0 Å². The average Bonchev–Trinajstić information content (AvgIpc) is 3.22. The molecule has 8 heteroatoms. The maximum atomic E-state index is 13.3. The number of rotatable bonds is 7. The molecule has 0 aliphatic carbocycles. The van der Waals surface area contributed by atoms with E-state index >= 15 is 0 Å². The fourth-order valence-electron chi connectivity index (χ4n) is 5.14. The number of benzene rings is 3. The molecule has 3 aromatic carbocycles. The summed E-state index contributed by atoms with van der Waals surface area (Å²) in [7, 11) is 0. The first-order valence-electron chi connectivity index (χ1n) is 12.4. The molecule has 1 saturated heterocycles. The van der Waals surface area contributed by atoms with E-state index < -0.39 is 5.66 Å². The van der Waals surface area contributed by atoms with Crippen molar-refractivity contribution in [3.05, 3.63) is 90.0 Å². The number of nitrogens with one attached hydrogen (secondary N) is 2. The molecule has 0 spiro atoms. The van der Waals surface area contributed by atoms with Crippen LogP contribution in [0, 0.1) is 0 Å². The minimum atomic E-state index is -0.743. The van der Waals surface area contributed by atoms with Crippen molar-refractivity contribution in [1.29, 1.82) is 0 Å². The largest absolute Gasteiger partial charge is 0.324 e. The summed E-state index contributed by atoms with van der Waals surface area (Å²) in [6.07, 6.45) is 1.53. The van der Waals surface area contributed by atoms with E-state index in [1.807, 2.05) is 25.1 Å². The highest BCUT2D eigenvalue weighted by Gasteiger charge is 2.52. The van der Waals surface area contributed by atoms with Gasteiger partial charge in [-0.25, -0.2) is 0 Å². The van der Waals surface area contributed by atoms with Crippen molar-refractivity contribution in [2.24, 2.45) is 0 Å². The van der Waals surface area contributed by atoms with E-state index in [-0.39, 0.29) is 30.0 Å². The average molecular weight is 497 g/mol. The van der Waals surface area contributed by atoms with Crippen molar-refractivity contribution >= 4 is 40.7 Å². The molecule has 2 aliphatic heterocycles. The Morgan fingerprint density at radius 2 is 1.51 bits per heavy atom. The molecule has 2 aliphatic rings. The molecular formula is C29H28N4O4. The lowest BCUT2D eigenvalue weighted by molar-refractivity contribution is -0.118. The van der Waals surface area contributed by atoms with Gasteiger partial charge >= 0.3 is 0 Å². The van der Waals surface area contributed by atoms with Gasteiger partial charge in [0.05, 0.1) is 22.6 Å². The molecule has 188 valence electrons. The van der Waals surface area contributed by atoms with Crippen LogP contribution in [0.2, 0.25) is 0 Å². The Kier molecular flexibility index (Phi) is 6.48. The van der Waals surface area contributed by atoms with Crippen molar-refractivity contribution in [2.75, 3.05) is 22.1 Å². The third kappa shape index (κ3) is 4.58. The molecule has 2 heterocycles. The first-order valence-corrected chi connectivity index (χ1v) is 12.4. The second-order valence-electron chi connectivity index (χ2n) is 9.44. The molecule has 0 saturated carbocycles. The van der Waals surface area contributed by atoms with Crippen LogP contribution in [0.1, 0.15) is 53.3 Å². The fourth-order valence-corrected chi connectivity index (χ4v) is 5.14. The van der Waals surface area contributed by atoms with E-state index in [0.717, 1.165) is 0 Å². The van der Waals surface area contributed by atoms with Gasteiger partial charge in [0.2, 0.25) is 11.8 Å². The molecular weight excluding hydrogens is 468 g/mol. The van der Waals surface area contributed by atoms with Crippen LogP contribution >= 0.6 is 0 Å². The number of para-hydroxylation sites is 3. The van der Waals surface area contributed by atoms with E-state index in [2.05, 4.69) is 10.6 Å². The monoisotopic (exact) mass is 496 g/mol. The summed E-state index contributed by atoms with van der Waals surface area (Å²) >= 11 is 0. The maximum Gasteiger partial charge on any atom is 0.257 e. The number of carbonyl (C=O) groups is 4. The van der Waals surface area contributed by atoms with Gasteiger partial charge < -0.3 is 15.5 Å². The van der Waals surface area contributed by atoms with Gasteiger partial charge in [0.25, 0.3) is 11.8 Å². The van der Waals surface area contributed by atoms with Crippen molar-refractivity contribution < 1.29 is 19.2 Å². The topological polar surface area (TPSA) is 98.8 Å². The summed E-state index contributed by atoms with van der Waals surface area (Å²) < 4.78 is 0. The predicted molar refractivity (Wildman–Crippen MR) is 141 cm³/mol. The highest BCUT2D eigenvalue weighted by Crippen LogP contribution is 2.44. The number of anilines is 3. The lowest BCUT2D eigenvalue weighted by Crippen LogP contribution is -2.62. The summed E-state index contributed by atoms with van der Waals surface area (Å²) in [5.74, 6) is -0.622. The molecule has 37 heavy (non-hydrogen) atoms. The smallest absolute Gasteiger partial charge is 0.257 e. The van der Waals surface area contributed by atoms with E-state index in [0.29, 0.717) is 54.0 Å². The first-order chi connectivity index (χ1) is 17.9. The molecule has 5 rings (SSSR count). The molecule has 0 aromatic heterocycles. The summed E-state index contributed by atoms with van der Waals surface area (Å²) in [5, 5.41) is 5.72. The quantitative estimate of drug-likeness (QED) is 0.497. The predicted octanol–water partition coefficient (Wildman–Crippen LogP) is 4.66. The molecule has 0 bridgehead atoms. The Morgan fingerprint density at radius 3 is 2.27 bits per heavy atom. The highest BCUT2D eigenvalue weighted by molar-refractivity contribution is 6.10. The van der Waals surface area contributed by atoms with Gasteiger partial charge in [0.1, 0.15) is 5.66 Å². The van der Waals surface area contributed by atoms with Gasteiger partial charge in [-0.1, -0.05) is 42.5 Å². The summed E-state index contributed by atoms with van der Waals surface area (Å²) in [6.45, 7) is 2.25. The maximum absolute atomic E-state index is 13.3. The van der Waals surface area contributed by atoms with Crippen LogP contribution in [0.4, 0.5) is 17.1 Å². The van der Waals surface area contributed by atoms with Crippen LogP contribution in [-0.2, 0) is 9.59 Å². The Hall–Kier alpha value is -4.46. The zero-order valence-corrected chi connectivity index (χ0v) is 20.6. The van der Waals surface area contributed by atoms with Gasteiger partial charge in [-0.15, -0.1) is 0 Å². The van der Waals surface area contributed by atoms with E-state index in [1.165, 1.54) is 0 Å². The normalized spacial score (nSPS) is 18.3. The van der Waals surface area contributed by atoms with Crippen LogP contribution < -0.4 is 15.5 Å². The molecule has 1 unspecified atom stereocenters. The second-order valence-corrected chi connectivity index (χ2v) is 9.44. The molecule has 1 atom stereocenters. The molecule has 1 fully saturated rings. The zero-order valence-electron chi connectivity index (χ0n) is 20.6. The van der Waals surface area contributed by atoms with E-state index in [1.54, 1.807) is 70.5 Å². The third-order valence-corrected chi connectivity index (χ3v) is 7.02. The van der Waals surface area contributed by atoms with Crippen LogP contribution in [0.5, 0.6) is 0 Å². The molecule has 3 aromatic rings. The van der Waals surface area contributed by atoms with Crippen molar-refractivity contribution in [3.63, 3.8) is 0 Å². The minimum Gasteiger partial charge on any atom is -0.324 e. The lowest BCUT2D eigenvalue weighted by Gasteiger charge is -2.48. The van der Waals surface area contributed by atoms with Crippen LogP contribution in [0.3, 0.4) is 0 Å². The molecule has 4 amide bonds. The van der Waals surface area contributed by atoms with Crippen molar-refractivity contribution in [2.45, 2.75) is 38.3 Å². The van der Waals surface area contributed by atoms with Crippen LogP contribution in [0.15, 0.2) is 78.9 Å². The number of nitrogens with zero attached hydrogens (tertiary/aromatic N) is 2. The van der Waals surface area contributed by atoms with E-state index in [4.69, 9.17) is 0 Å². The summed E-state index contributed by atoms with van der Waals surface area (Å²) in [4.78, 5) is 54.9. The Labute approximate surface area is 215 Å². The van der Waals surface area contributed by atoms with Crippen LogP contribution in [-0.4, -0.2) is 40.7 Å². The van der Waals surface area contributed by atoms with Crippen molar-refractivity contribution in [1.82, 2.24) is 4.90 Å². The number of fused-ring (bicyclic) bond motifs is 3. The number of carbonyl (C=O) groups excluding carboxylic acids is 4. The zero-order chi connectivity index (χ0) is 26.0. The lowest BCUT2D eigenvalue weighted by atomic mass is 9.98. The minimum absolute atomic E-state index is 0.000602. The fraction of sp³-hybridized carbons (Fsp3) is 0.241. The Bertz CT molecular complexity index is 1370. The number of amides is 4. The highest BCUT2D eigenvalue weighted by atomic mass is 16.2. The second kappa shape index (κ2) is 9.89. The molecule has 0 radical (unpaired) electrons. The summed E-state index contributed by atoms with van der Waals surface area (Å²) in [6, 6.07) is 23.0. The van der Waals surface area contributed by atoms with E-state index in [9.17, 15) is 19.2 Å². The van der Waals surface area contributed by atoms with Crippen LogP contribution in [0.25, 0.3) is 0 Å². The van der Waals surface area contributed by atoms with Crippen molar-refractivity contribution in [3.8, 4) is 0 Å². The van der Waals surface area contributed by atoms with Gasteiger partial charge in [-0.2, -0.15) is 0 Å². The van der Waals surface area contributed by atoms with Gasteiger partial charge in [-0.3, -0.25) is 24.1 Å².